The van der Waals surface area contributed by atoms with Gasteiger partial charge in [0.15, 0.2) is 0 Å². The molecule has 3 nitrogen and oxygen atoms in total. The summed E-state index contributed by atoms with van der Waals surface area (Å²) in [6.45, 7) is 2.46. The van der Waals surface area contributed by atoms with E-state index in [4.69, 9.17) is 0 Å². The van der Waals surface area contributed by atoms with Crippen molar-refractivity contribution in [3.8, 4) is 23.0 Å². The van der Waals surface area contributed by atoms with Gasteiger partial charge in [-0.3, -0.25) is 9.78 Å². The third-order valence-corrected chi connectivity index (χ3v) is 4.97. The number of rotatable bonds is 5. The fraction of sp³-hybridized carbons (Fsp3) is 0.0714. The number of amides is 1. The van der Waals surface area contributed by atoms with E-state index in [2.05, 4.69) is 53.2 Å². The summed E-state index contributed by atoms with van der Waals surface area (Å²) in [6.07, 6.45) is 4.41. The molecule has 0 aliphatic rings. The number of anilines is 1. The number of aryl methyl sites for hydroxylation is 1. The van der Waals surface area contributed by atoms with Crippen molar-refractivity contribution in [3.63, 3.8) is 0 Å². The van der Waals surface area contributed by atoms with E-state index in [9.17, 15) is 4.79 Å². The zero-order chi connectivity index (χ0) is 21.5. The first-order valence-corrected chi connectivity index (χ1v) is 10.1. The fourth-order valence-corrected chi connectivity index (χ4v) is 3.40. The summed E-state index contributed by atoms with van der Waals surface area (Å²) < 4.78 is 0. The first-order chi connectivity index (χ1) is 15.2. The number of para-hydroxylation sites is 1. The standard InChI is InChI=1S/C28H22N2O/c1-22-17-24(19-29-18-22)13-16-27-9-5-6-10-28(27)30(21-31)20-23-11-14-26(15-12-23)25-7-3-2-4-8-25/h2-12,14-15,17-19,21H,20H2,1H3. The summed E-state index contributed by atoms with van der Waals surface area (Å²) >= 11 is 0. The van der Waals surface area contributed by atoms with Crippen molar-refractivity contribution >= 4 is 12.1 Å². The van der Waals surface area contributed by atoms with Crippen molar-refractivity contribution in [2.45, 2.75) is 13.5 Å². The van der Waals surface area contributed by atoms with Crippen molar-refractivity contribution in [2.24, 2.45) is 0 Å². The number of hydrogen-bond donors (Lipinski definition) is 0. The van der Waals surface area contributed by atoms with Crippen LogP contribution >= 0.6 is 0 Å². The summed E-state index contributed by atoms with van der Waals surface area (Å²) in [4.78, 5) is 17.8. The van der Waals surface area contributed by atoms with Crippen molar-refractivity contribution < 1.29 is 4.79 Å². The molecule has 0 fully saturated rings. The smallest absolute Gasteiger partial charge is 0.214 e. The van der Waals surface area contributed by atoms with E-state index in [1.807, 2.05) is 55.5 Å². The highest BCUT2D eigenvalue weighted by Gasteiger charge is 2.10. The lowest BCUT2D eigenvalue weighted by Gasteiger charge is -2.19. The van der Waals surface area contributed by atoms with Gasteiger partial charge in [0.05, 0.1) is 12.2 Å². The minimum absolute atomic E-state index is 0.475. The quantitative estimate of drug-likeness (QED) is 0.321. The van der Waals surface area contributed by atoms with Crippen LogP contribution in [-0.2, 0) is 11.3 Å². The minimum atomic E-state index is 0.475. The van der Waals surface area contributed by atoms with E-state index in [1.54, 1.807) is 17.3 Å². The van der Waals surface area contributed by atoms with Crippen LogP contribution in [-0.4, -0.2) is 11.4 Å². The molecule has 1 amide bonds. The molecular weight excluding hydrogens is 380 g/mol. The Balaban J connectivity index is 1.57. The van der Waals surface area contributed by atoms with E-state index in [1.165, 1.54) is 5.56 Å². The van der Waals surface area contributed by atoms with E-state index in [-0.39, 0.29) is 0 Å². The highest BCUT2D eigenvalue weighted by atomic mass is 16.1. The summed E-state index contributed by atoms with van der Waals surface area (Å²) in [5, 5.41) is 0. The number of carbonyl (C=O) groups is 1. The van der Waals surface area contributed by atoms with E-state index >= 15 is 0 Å². The third kappa shape index (κ3) is 5.07. The third-order valence-electron chi connectivity index (χ3n) is 4.97. The van der Waals surface area contributed by atoms with Gasteiger partial charge in [0.25, 0.3) is 0 Å². The molecule has 0 atom stereocenters. The maximum absolute atomic E-state index is 11.9. The summed E-state index contributed by atoms with van der Waals surface area (Å²) in [7, 11) is 0. The molecule has 0 saturated heterocycles. The van der Waals surface area contributed by atoms with E-state index in [0.29, 0.717) is 6.54 Å². The maximum Gasteiger partial charge on any atom is 0.214 e. The second-order valence-corrected chi connectivity index (χ2v) is 7.31. The number of aromatic nitrogens is 1. The highest BCUT2D eigenvalue weighted by molar-refractivity contribution is 5.79. The van der Waals surface area contributed by atoms with Crippen LogP contribution < -0.4 is 4.90 Å². The molecule has 3 heteroatoms. The summed E-state index contributed by atoms with van der Waals surface area (Å²) in [5.74, 6) is 6.35. The first-order valence-electron chi connectivity index (χ1n) is 10.1. The molecule has 0 unspecified atom stereocenters. The minimum Gasteiger partial charge on any atom is -0.309 e. The van der Waals surface area contributed by atoms with Gasteiger partial charge in [0, 0.05) is 23.5 Å². The van der Waals surface area contributed by atoms with E-state index < -0.39 is 0 Å². The largest absolute Gasteiger partial charge is 0.309 e. The molecule has 1 heterocycles. The van der Waals surface area contributed by atoms with Crippen LogP contribution in [0.5, 0.6) is 0 Å². The molecule has 0 saturated carbocycles. The Morgan fingerprint density at radius 3 is 2.29 bits per heavy atom. The Bertz CT molecular complexity index is 1240. The van der Waals surface area contributed by atoms with Gasteiger partial charge in [-0.15, -0.1) is 0 Å². The van der Waals surface area contributed by atoms with Crippen LogP contribution in [0.2, 0.25) is 0 Å². The van der Waals surface area contributed by atoms with Crippen LogP contribution in [0.4, 0.5) is 5.69 Å². The fourth-order valence-electron chi connectivity index (χ4n) is 3.40. The van der Waals surface area contributed by atoms with Crippen molar-refractivity contribution in [1.82, 2.24) is 4.98 Å². The van der Waals surface area contributed by atoms with Crippen LogP contribution in [0.1, 0.15) is 22.3 Å². The molecule has 0 aliphatic heterocycles. The average Bonchev–Trinajstić information content (AvgIpc) is 2.82. The Morgan fingerprint density at radius 2 is 1.55 bits per heavy atom. The molecule has 4 aromatic rings. The molecule has 0 spiro atoms. The lowest BCUT2D eigenvalue weighted by molar-refractivity contribution is -0.107. The molecule has 31 heavy (non-hydrogen) atoms. The molecule has 1 aromatic heterocycles. The lowest BCUT2D eigenvalue weighted by atomic mass is 10.0. The van der Waals surface area contributed by atoms with Gasteiger partial charge in [0.1, 0.15) is 0 Å². The van der Waals surface area contributed by atoms with Crippen molar-refractivity contribution in [3.05, 3.63) is 120 Å². The Hall–Kier alpha value is -4.16. The van der Waals surface area contributed by atoms with Crippen LogP contribution in [0.3, 0.4) is 0 Å². The number of pyridine rings is 1. The van der Waals surface area contributed by atoms with Crippen LogP contribution in [0.25, 0.3) is 11.1 Å². The molecule has 0 radical (unpaired) electrons. The molecule has 4 rings (SSSR count). The van der Waals surface area contributed by atoms with Crippen LogP contribution in [0, 0.1) is 18.8 Å². The van der Waals surface area contributed by atoms with Gasteiger partial charge in [0.2, 0.25) is 6.41 Å². The Morgan fingerprint density at radius 1 is 0.839 bits per heavy atom. The Labute approximate surface area is 183 Å². The molecule has 0 aliphatic carbocycles. The predicted molar refractivity (Wildman–Crippen MR) is 126 cm³/mol. The first kappa shape index (κ1) is 20.1. The molecule has 150 valence electrons. The van der Waals surface area contributed by atoms with Gasteiger partial charge < -0.3 is 4.90 Å². The maximum atomic E-state index is 11.9. The molecular formula is C28H22N2O. The lowest BCUT2D eigenvalue weighted by Crippen LogP contribution is -2.21. The zero-order valence-corrected chi connectivity index (χ0v) is 17.3. The van der Waals surface area contributed by atoms with Gasteiger partial charge in [-0.1, -0.05) is 78.6 Å². The second-order valence-electron chi connectivity index (χ2n) is 7.31. The average molecular weight is 402 g/mol. The van der Waals surface area contributed by atoms with Gasteiger partial charge in [-0.25, -0.2) is 0 Å². The molecule has 0 N–H and O–H groups in total. The summed E-state index contributed by atoms with van der Waals surface area (Å²) in [6, 6.07) is 28.2. The predicted octanol–water partition coefficient (Wildman–Crippen LogP) is 5.62. The molecule has 0 bridgehead atoms. The van der Waals surface area contributed by atoms with Crippen molar-refractivity contribution in [1.29, 1.82) is 0 Å². The second kappa shape index (κ2) is 9.56. The number of carbonyl (C=O) groups excluding carboxylic acids is 1. The number of nitrogens with zero attached hydrogens (tertiary/aromatic N) is 2. The topological polar surface area (TPSA) is 33.2 Å². The van der Waals surface area contributed by atoms with Gasteiger partial charge in [-0.05, 0) is 47.4 Å². The van der Waals surface area contributed by atoms with Crippen LogP contribution in [0.15, 0.2) is 97.3 Å². The monoisotopic (exact) mass is 402 g/mol. The van der Waals surface area contributed by atoms with Gasteiger partial charge in [-0.2, -0.15) is 0 Å². The summed E-state index contributed by atoms with van der Waals surface area (Å²) in [5.41, 5.74) is 6.89. The van der Waals surface area contributed by atoms with Gasteiger partial charge >= 0.3 is 0 Å². The zero-order valence-electron chi connectivity index (χ0n) is 17.3. The number of hydrogen-bond acceptors (Lipinski definition) is 2. The Kier molecular flexibility index (Phi) is 6.21. The highest BCUT2D eigenvalue weighted by Crippen LogP contribution is 2.23. The van der Waals surface area contributed by atoms with Crippen molar-refractivity contribution in [2.75, 3.05) is 4.90 Å². The molecule has 3 aromatic carbocycles. The van der Waals surface area contributed by atoms with E-state index in [0.717, 1.165) is 39.9 Å². The normalized spacial score (nSPS) is 10.1. The SMILES string of the molecule is Cc1cncc(C#Cc2ccccc2N(C=O)Cc2ccc(-c3ccccc3)cc2)c1. The number of benzene rings is 3.